The minimum Gasteiger partial charge on any atom is -0.385 e. The summed E-state index contributed by atoms with van der Waals surface area (Å²) < 4.78 is 5.20. The van der Waals surface area contributed by atoms with Crippen molar-refractivity contribution >= 4 is 0 Å². The zero-order chi connectivity index (χ0) is 11.3. The van der Waals surface area contributed by atoms with Crippen LogP contribution >= 0.6 is 0 Å². The second-order valence-electron chi connectivity index (χ2n) is 5.81. The Labute approximate surface area is 100 Å². The van der Waals surface area contributed by atoms with Gasteiger partial charge in [-0.25, -0.2) is 0 Å². The van der Waals surface area contributed by atoms with Gasteiger partial charge in [-0.1, -0.05) is 25.7 Å². The second-order valence-corrected chi connectivity index (χ2v) is 5.81. The fraction of sp³-hybridized carbons (Fsp3) is 1.00. The minimum absolute atomic E-state index is 0.613. The first-order valence-electron chi connectivity index (χ1n) is 7.07. The van der Waals surface area contributed by atoms with E-state index < -0.39 is 0 Å². The van der Waals surface area contributed by atoms with Crippen LogP contribution in [-0.2, 0) is 4.74 Å². The van der Waals surface area contributed by atoms with Gasteiger partial charge >= 0.3 is 0 Å². The molecule has 2 aliphatic carbocycles. The topological polar surface area (TPSA) is 21.3 Å². The summed E-state index contributed by atoms with van der Waals surface area (Å²) in [4.78, 5) is 0. The third-order valence-electron chi connectivity index (χ3n) is 4.41. The van der Waals surface area contributed by atoms with E-state index in [1.54, 1.807) is 0 Å². The summed E-state index contributed by atoms with van der Waals surface area (Å²) in [7, 11) is 1.81. The van der Waals surface area contributed by atoms with E-state index in [4.69, 9.17) is 4.74 Å². The lowest BCUT2D eigenvalue weighted by Gasteiger charge is -2.21. The van der Waals surface area contributed by atoms with Gasteiger partial charge in [0.1, 0.15) is 0 Å². The molecule has 0 unspecified atom stereocenters. The number of rotatable bonds is 6. The smallest absolute Gasteiger partial charge is 0.0468 e. The lowest BCUT2D eigenvalue weighted by atomic mass is 10.0. The molecular weight excluding hydrogens is 198 g/mol. The van der Waals surface area contributed by atoms with Crippen molar-refractivity contribution in [1.29, 1.82) is 0 Å². The molecular formula is C14H27NO. The third-order valence-corrected chi connectivity index (χ3v) is 4.41. The summed E-state index contributed by atoms with van der Waals surface area (Å²) in [6.45, 7) is 2.17. The van der Waals surface area contributed by atoms with Gasteiger partial charge in [0.15, 0.2) is 0 Å². The number of hydrogen-bond donors (Lipinski definition) is 1. The molecule has 0 amide bonds. The third kappa shape index (κ3) is 3.74. The fourth-order valence-electron chi connectivity index (χ4n) is 2.85. The molecule has 2 rings (SSSR count). The molecule has 0 heterocycles. The van der Waals surface area contributed by atoms with Crippen LogP contribution < -0.4 is 5.32 Å². The summed E-state index contributed by atoms with van der Waals surface area (Å²) in [6.07, 6.45) is 12.7. The molecule has 0 aromatic heterocycles. The van der Waals surface area contributed by atoms with E-state index in [9.17, 15) is 0 Å². The Morgan fingerprint density at radius 2 is 1.81 bits per heavy atom. The first kappa shape index (κ1) is 12.4. The lowest BCUT2D eigenvalue weighted by Crippen LogP contribution is -2.34. The zero-order valence-corrected chi connectivity index (χ0v) is 10.8. The van der Waals surface area contributed by atoms with Crippen LogP contribution in [0.5, 0.6) is 0 Å². The molecule has 0 aromatic rings. The van der Waals surface area contributed by atoms with Gasteiger partial charge in [0.25, 0.3) is 0 Å². The normalized spacial score (nSPS) is 25.3. The number of methoxy groups -OCH3 is 1. The van der Waals surface area contributed by atoms with Crippen molar-refractivity contribution in [2.45, 2.75) is 63.8 Å². The van der Waals surface area contributed by atoms with Crippen molar-refractivity contribution in [2.75, 3.05) is 20.3 Å². The Kier molecular flexibility index (Phi) is 4.66. The predicted octanol–water partition coefficient (Wildman–Crippen LogP) is 3.12. The summed E-state index contributed by atoms with van der Waals surface area (Å²) >= 11 is 0. The Bertz CT molecular complexity index is 193. The van der Waals surface area contributed by atoms with Crippen LogP contribution in [0.3, 0.4) is 0 Å². The van der Waals surface area contributed by atoms with Crippen molar-refractivity contribution < 1.29 is 4.74 Å². The highest BCUT2D eigenvalue weighted by molar-refractivity contribution is 4.95. The Morgan fingerprint density at radius 1 is 1.12 bits per heavy atom. The van der Waals surface area contributed by atoms with Crippen molar-refractivity contribution in [1.82, 2.24) is 5.32 Å². The molecule has 0 aliphatic heterocycles. The molecule has 0 atom stereocenters. The van der Waals surface area contributed by atoms with Crippen LogP contribution in [-0.4, -0.2) is 26.3 Å². The molecule has 1 N–H and O–H groups in total. The van der Waals surface area contributed by atoms with E-state index in [0.29, 0.717) is 5.41 Å². The quantitative estimate of drug-likeness (QED) is 0.701. The average molecular weight is 225 g/mol. The van der Waals surface area contributed by atoms with Gasteiger partial charge in [-0.15, -0.1) is 0 Å². The number of ether oxygens (including phenoxy) is 1. The van der Waals surface area contributed by atoms with Gasteiger partial charge in [-0.2, -0.15) is 0 Å². The van der Waals surface area contributed by atoms with Gasteiger partial charge in [-0.3, -0.25) is 0 Å². The molecule has 0 aromatic carbocycles. The van der Waals surface area contributed by atoms with E-state index in [2.05, 4.69) is 5.32 Å². The molecule has 2 nitrogen and oxygen atoms in total. The minimum atomic E-state index is 0.613. The van der Waals surface area contributed by atoms with Crippen LogP contribution in [0.15, 0.2) is 0 Å². The van der Waals surface area contributed by atoms with E-state index in [1.807, 2.05) is 7.11 Å². The Morgan fingerprint density at radius 3 is 2.38 bits per heavy atom. The van der Waals surface area contributed by atoms with E-state index in [-0.39, 0.29) is 0 Å². The second kappa shape index (κ2) is 6.02. The van der Waals surface area contributed by atoms with Crippen LogP contribution in [0.1, 0.15) is 57.8 Å². The first-order chi connectivity index (χ1) is 7.85. The standard InChI is InChI=1S/C14H27NO/c1-16-11-10-14(8-9-14)12-15-13-6-4-2-3-5-7-13/h13,15H,2-12H2,1H3. The van der Waals surface area contributed by atoms with E-state index in [1.165, 1.54) is 64.3 Å². The maximum atomic E-state index is 5.20. The predicted molar refractivity (Wildman–Crippen MR) is 67.7 cm³/mol. The summed E-state index contributed by atoms with van der Waals surface area (Å²) in [5, 5.41) is 3.82. The summed E-state index contributed by atoms with van der Waals surface area (Å²) in [5.74, 6) is 0. The zero-order valence-electron chi connectivity index (χ0n) is 10.8. The van der Waals surface area contributed by atoms with Crippen molar-refractivity contribution in [3.63, 3.8) is 0 Å². The highest BCUT2D eigenvalue weighted by Gasteiger charge is 2.41. The monoisotopic (exact) mass is 225 g/mol. The van der Waals surface area contributed by atoms with Gasteiger partial charge in [0.2, 0.25) is 0 Å². The molecule has 2 aliphatic rings. The molecule has 0 spiro atoms. The Balaban J connectivity index is 1.65. The fourth-order valence-corrected chi connectivity index (χ4v) is 2.85. The maximum Gasteiger partial charge on any atom is 0.0468 e. The lowest BCUT2D eigenvalue weighted by molar-refractivity contribution is 0.169. The highest BCUT2D eigenvalue weighted by Crippen LogP contribution is 2.48. The number of nitrogens with one attached hydrogen (secondary N) is 1. The van der Waals surface area contributed by atoms with Gasteiger partial charge in [0.05, 0.1) is 0 Å². The average Bonchev–Trinajstić information content (AvgIpc) is 3.10. The highest BCUT2D eigenvalue weighted by atomic mass is 16.5. The molecule has 94 valence electrons. The van der Waals surface area contributed by atoms with Crippen LogP contribution in [0, 0.1) is 5.41 Å². The van der Waals surface area contributed by atoms with Crippen LogP contribution in [0.25, 0.3) is 0 Å². The molecule has 0 saturated heterocycles. The van der Waals surface area contributed by atoms with Crippen molar-refractivity contribution in [2.24, 2.45) is 5.41 Å². The summed E-state index contributed by atoms with van der Waals surface area (Å²) in [6, 6.07) is 0.808. The molecule has 2 fully saturated rings. The SMILES string of the molecule is COCCC1(CNC2CCCCCC2)CC1. The van der Waals surface area contributed by atoms with Gasteiger partial charge < -0.3 is 10.1 Å². The first-order valence-corrected chi connectivity index (χ1v) is 7.07. The van der Waals surface area contributed by atoms with Crippen molar-refractivity contribution in [3.05, 3.63) is 0 Å². The van der Waals surface area contributed by atoms with Crippen LogP contribution in [0.4, 0.5) is 0 Å². The molecule has 2 heteroatoms. The number of hydrogen-bond acceptors (Lipinski definition) is 2. The molecule has 0 radical (unpaired) electrons. The molecule has 2 saturated carbocycles. The van der Waals surface area contributed by atoms with Crippen LogP contribution in [0.2, 0.25) is 0 Å². The van der Waals surface area contributed by atoms with Gasteiger partial charge in [0, 0.05) is 26.3 Å². The van der Waals surface area contributed by atoms with Crippen molar-refractivity contribution in [3.8, 4) is 0 Å². The maximum absolute atomic E-state index is 5.20. The molecule has 16 heavy (non-hydrogen) atoms. The largest absolute Gasteiger partial charge is 0.385 e. The van der Waals surface area contributed by atoms with E-state index in [0.717, 1.165) is 12.6 Å². The Hall–Kier alpha value is -0.0800. The molecule has 0 bridgehead atoms. The van der Waals surface area contributed by atoms with Gasteiger partial charge in [-0.05, 0) is 37.5 Å². The summed E-state index contributed by atoms with van der Waals surface area (Å²) in [5.41, 5.74) is 0.613. The van der Waals surface area contributed by atoms with E-state index >= 15 is 0 Å².